The van der Waals surface area contributed by atoms with Crippen LogP contribution in [0.25, 0.3) is 0 Å². The molecule has 1 N–H and O–H groups in total. The van der Waals surface area contributed by atoms with Gasteiger partial charge in [0.05, 0.1) is 14.2 Å². The van der Waals surface area contributed by atoms with Crippen LogP contribution in [0.15, 0.2) is 48.5 Å². The van der Waals surface area contributed by atoms with Gasteiger partial charge in [-0.1, -0.05) is 0 Å². The molecular weight excluding hydrogens is 246 g/mol. The number of benzene rings is 2. The van der Waals surface area contributed by atoms with Gasteiger partial charge < -0.3 is 19.1 Å². The van der Waals surface area contributed by atoms with Gasteiger partial charge in [0.1, 0.15) is 11.5 Å². The molecule has 0 saturated carbocycles. The first-order valence-corrected chi connectivity index (χ1v) is 5.68. The summed E-state index contributed by atoms with van der Waals surface area (Å²) >= 11 is 0. The molecule has 0 bridgehead atoms. The highest BCUT2D eigenvalue weighted by molar-refractivity contribution is 5.32. The number of rotatable bonds is 6. The third-order valence-corrected chi connectivity index (χ3v) is 2.44. The van der Waals surface area contributed by atoms with E-state index in [4.69, 9.17) is 19.1 Å². The monoisotopic (exact) mass is 261 g/mol. The predicted molar refractivity (Wildman–Crippen MR) is 70.4 cm³/mol. The van der Waals surface area contributed by atoms with Crippen molar-refractivity contribution in [3.05, 3.63) is 48.5 Å². The number of hydrogen-bond donors (Lipinski definition) is 1. The van der Waals surface area contributed by atoms with E-state index >= 15 is 0 Å². The molecule has 100 valence electrons. The van der Waals surface area contributed by atoms with E-state index in [1.165, 1.54) is 0 Å². The molecule has 0 saturated heterocycles. The summed E-state index contributed by atoms with van der Waals surface area (Å²) in [6, 6.07) is 14.3. The minimum Gasteiger partial charge on any atom is -0.497 e. The zero-order valence-corrected chi connectivity index (χ0v) is 10.8. The number of hydrogen-bond acceptors (Lipinski definition) is 5. The molecule has 0 spiro atoms. The SMILES string of the molecule is COc1ccc(ONOc2ccc(OC)cc2)cc1. The van der Waals surface area contributed by atoms with Gasteiger partial charge in [0.15, 0.2) is 11.5 Å². The van der Waals surface area contributed by atoms with E-state index < -0.39 is 0 Å². The highest BCUT2D eigenvalue weighted by atomic mass is 16.9. The van der Waals surface area contributed by atoms with Gasteiger partial charge >= 0.3 is 0 Å². The van der Waals surface area contributed by atoms with Crippen molar-refractivity contribution < 1.29 is 19.1 Å². The molecule has 0 aliphatic carbocycles. The molecule has 0 aliphatic rings. The molecule has 0 aliphatic heterocycles. The van der Waals surface area contributed by atoms with Gasteiger partial charge in [-0.2, -0.15) is 0 Å². The van der Waals surface area contributed by atoms with E-state index in [1.807, 2.05) is 0 Å². The molecule has 0 amide bonds. The fraction of sp³-hybridized carbons (Fsp3) is 0.143. The Labute approximate surface area is 111 Å². The summed E-state index contributed by atoms with van der Waals surface area (Å²) in [5.41, 5.74) is 2.41. The summed E-state index contributed by atoms with van der Waals surface area (Å²) in [6.07, 6.45) is 0. The van der Waals surface area contributed by atoms with Crippen LogP contribution in [-0.2, 0) is 0 Å². The molecule has 5 heteroatoms. The maximum absolute atomic E-state index is 5.21. The van der Waals surface area contributed by atoms with E-state index in [2.05, 4.69) is 5.64 Å². The molecule has 0 heterocycles. The Kier molecular flexibility index (Phi) is 4.47. The molecule has 0 atom stereocenters. The van der Waals surface area contributed by atoms with Crippen LogP contribution < -0.4 is 24.8 Å². The highest BCUT2D eigenvalue weighted by Crippen LogP contribution is 2.18. The van der Waals surface area contributed by atoms with Gasteiger partial charge in [-0.05, 0) is 48.5 Å². The van der Waals surface area contributed by atoms with Gasteiger partial charge in [0.25, 0.3) is 0 Å². The average molecular weight is 261 g/mol. The van der Waals surface area contributed by atoms with Crippen LogP contribution >= 0.6 is 0 Å². The first kappa shape index (κ1) is 13.0. The summed E-state index contributed by atoms with van der Waals surface area (Å²) < 4.78 is 10.1. The average Bonchev–Trinajstić information content (AvgIpc) is 2.49. The van der Waals surface area contributed by atoms with Crippen molar-refractivity contribution in [1.82, 2.24) is 5.64 Å². The number of methoxy groups -OCH3 is 2. The van der Waals surface area contributed by atoms with Crippen LogP contribution in [0.3, 0.4) is 0 Å². The van der Waals surface area contributed by atoms with Crippen LogP contribution in [0.4, 0.5) is 0 Å². The minimum absolute atomic E-state index is 0.620. The van der Waals surface area contributed by atoms with Crippen LogP contribution in [0.2, 0.25) is 0 Å². The van der Waals surface area contributed by atoms with Crippen molar-refractivity contribution in [1.29, 1.82) is 0 Å². The Bertz CT molecular complexity index is 448. The Balaban J connectivity index is 1.81. The Morgan fingerprint density at radius 3 is 1.21 bits per heavy atom. The van der Waals surface area contributed by atoms with Crippen molar-refractivity contribution in [3.8, 4) is 23.0 Å². The Hall–Kier alpha value is -2.40. The minimum atomic E-state index is 0.620. The van der Waals surface area contributed by atoms with Gasteiger partial charge in [-0.25, -0.2) is 0 Å². The third-order valence-electron chi connectivity index (χ3n) is 2.44. The highest BCUT2D eigenvalue weighted by Gasteiger charge is 1.97. The lowest BCUT2D eigenvalue weighted by atomic mass is 10.3. The van der Waals surface area contributed by atoms with Crippen molar-refractivity contribution in [2.24, 2.45) is 0 Å². The van der Waals surface area contributed by atoms with Gasteiger partial charge in [-0.15, -0.1) is 0 Å². The number of ether oxygens (including phenoxy) is 2. The molecule has 0 unspecified atom stereocenters. The van der Waals surface area contributed by atoms with E-state index in [0.717, 1.165) is 11.5 Å². The lowest BCUT2D eigenvalue weighted by Crippen LogP contribution is -2.22. The third kappa shape index (κ3) is 3.79. The second-order valence-corrected chi connectivity index (χ2v) is 3.64. The summed E-state index contributed by atoms with van der Waals surface area (Å²) in [5.74, 6) is 2.77. The summed E-state index contributed by atoms with van der Waals surface area (Å²) in [4.78, 5) is 10.4. The summed E-state index contributed by atoms with van der Waals surface area (Å²) in [5, 5.41) is 0. The summed E-state index contributed by atoms with van der Waals surface area (Å²) in [7, 11) is 3.22. The zero-order valence-electron chi connectivity index (χ0n) is 10.8. The lowest BCUT2D eigenvalue weighted by molar-refractivity contribution is -0.0192. The van der Waals surface area contributed by atoms with Crippen molar-refractivity contribution >= 4 is 0 Å². The van der Waals surface area contributed by atoms with Crippen molar-refractivity contribution in [2.75, 3.05) is 14.2 Å². The maximum atomic E-state index is 5.21. The quantitative estimate of drug-likeness (QED) is 0.810. The van der Waals surface area contributed by atoms with Crippen molar-refractivity contribution in [2.45, 2.75) is 0 Å². The normalized spacial score (nSPS) is 9.79. The van der Waals surface area contributed by atoms with Gasteiger partial charge in [0.2, 0.25) is 0 Å². The number of nitrogens with one attached hydrogen (secondary N) is 1. The zero-order chi connectivity index (χ0) is 13.5. The second kappa shape index (κ2) is 6.51. The van der Waals surface area contributed by atoms with Crippen LogP contribution in [-0.4, -0.2) is 14.2 Å². The fourth-order valence-electron chi connectivity index (χ4n) is 1.40. The van der Waals surface area contributed by atoms with E-state index in [0.29, 0.717) is 11.5 Å². The Morgan fingerprint density at radius 2 is 0.895 bits per heavy atom. The Morgan fingerprint density at radius 1 is 0.579 bits per heavy atom. The fourth-order valence-corrected chi connectivity index (χ4v) is 1.40. The summed E-state index contributed by atoms with van der Waals surface area (Å²) in [6.45, 7) is 0. The molecule has 2 aromatic carbocycles. The second-order valence-electron chi connectivity index (χ2n) is 3.64. The molecule has 0 aromatic heterocycles. The van der Waals surface area contributed by atoms with E-state index in [-0.39, 0.29) is 0 Å². The van der Waals surface area contributed by atoms with Gasteiger partial charge in [0, 0.05) is 5.64 Å². The molecule has 5 nitrogen and oxygen atoms in total. The first-order chi connectivity index (χ1) is 9.31. The predicted octanol–water partition coefficient (Wildman–Crippen LogP) is 2.58. The van der Waals surface area contributed by atoms with E-state index in [1.54, 1.807) is 62.8 Å². The molecule has 2 rings (SSSR count). The van der Waals surface area contributed by atoms with Gasteiger partial charge in [-0.3, -0.25) is 0 Å². The largest absolute Gasteiger partial charge is 0.497 e. The molecule has 0 fully saturated rings. The topological polar surface area (TPSA) is 49.0 Å². The molecule has 2 aromatic rings. The van der Waals surface area contributed by atoms with Crippen LogP contribution in [0.5, 0.6) is 23.0 Å². The molecule has 0 radical (unpaired) electrons. The van der Waals surface area contributed by atoms with Crippen LogP contribution in [0.1, 0.15) is 0 Å². The standard InChI is InChI=1S/C14H15NO4/c1-16-11-3-7-13(8-4-11)18-15-19-14-9-5-12(17-2)6-10-14/h3-10,15H,1-2H3. The molecule has 19 heavy (non-hydrogen) atoms. The van der Waals surface area contributed by atoms with Crippen LogP contribution in [0, 0.1) is 0 Å². The smallest absolute Gasteiger partial charge is 0.151 e. The first-order valence-electron chi connectivity index (χ1n) is 5.68. The van der Waals surface area contributed by atoms with E-state index in [9.17, 15) is 0 Å². The maximum Gasteiger partial charge on any atom is 0.151 e. The molecular formula is C14H15NO4. The lowest BCUT2D eigenvalue weighted by Gasteiger charge is -2.09. The van der Waals surface area contributed by atoms with Crippen molar-refractivity contribution in [3.63, 3.8) is 0 Å².